The third-order valence-corrected chi connectivity index (χ3v) is 12.6. The molecule has 0 aliphatic rings. The Morgan fingerprint density at radius 1 is 0.310 bits per heavy atom. The first kappa shape index (κ1) is 67.3. The van der Waals surface area contributed by atoms with Gasteiger partial charge in [-0.3, -0.25) is 14.4 Å². The van der Waals surface area contributed by atoms with Gasteiger partial charge in [-0.05, 0) is 103 Å². The average molecular weight is 988 g/mol. The van der Waals surface area contributed by atoms with Crippen LogP contribution in [0.5, 0.6) is 0 Å². The van der Waals surface area contributed by atoms with Crippen LogP contribution in [0.15, 0.2) is 97.2 Å². The Bertz CT molecular complexity index is 1410. The van der Waals surface area contributed by atoms with Crippen molar-refractivity contribution < 1.29 is 28.6 Å². The molecule has 0 saturated carbocycles. The van der Waals surface area contributed by atoms with E-state index in [9.17, 15) is 14.4 Å². The number of hydrogen-bond donors (Lipinski definition) is 0. The molecule has 0 rings (SSSR count). The van der Waals surface area contributed by atoms with Gasteiger partial charge in [0.2, 0.25) is 0 Å². The van der Waals surface area contributed by atoms with Crippen LogP contribution in [0.25, 0.3) is 0 Å². The summed E-state index contributed by atoms with van der Waals surface area (Å²) < 4.78 is 16.8. The monoisotopic (exact) mass is 987 g/mol. The molecular formula is C65H110O6. The molecule has 0 fully saturated rings. The van der Waals surface area contributed by atoms with E-state index in [0.717, 1.165) is 77.0 Å². The van der Waals surface area contributed by atoms with E-state index >= 15 is 0 Å². The van der Waals surface area contributed by atoms with E-state index in [1.807, 2.05) is 6.08 Å². The quantitative estimate of drug-likeness (QED) is 0.0261. The predicted molar refractivity (Wildman–Crippen MR) is 307 cm³/mol. The zero-order valence-electron chi connectivity index (χ0n) is 46.5. The molecule has 0 radical (unpaired) electrons. The van der Waals surface area contributed by atoms with Crippen LogP contribution in [0.1, 0.15) is 278 Å². The summed E-state index contributed by atoms with van der Waals surface area (Å²) in [6.07, 6.45) is 78.5. The topological polar surface area (TPSA) is 78.9 Å². The SMILES string of the molecule is CC/C=C\C/C=C\C/C=C\C/C=C\C/C=C\CC(=O)OCC(COC(=O)CCCCCCCCCCC/C=C\C/C=C\CCCCC)OC(=O)CCCCCCCCCCC/C=C\CCCCCCCC. The standard InChI is InChI=1S/C65H110O6/c1-4-7-10-13-16-19-22-25-28-30-32-34-37-40-43-46-49-52-55-58-64(67)70-61-62(60-69-63(66)57-54-51-48-45-42-39-36-27-24-21-18-15-12-9-6-3)71-65(68)59-56-53-50-47-44-41-38-35-33-31-29-26-23-20-17-14-11-8-5-2/h9,12,16,18-19,21,25-29,36,42,45,51,54,62H,4-8,10-11,13-15,17,20,22-24,30-35,37-41,43-44,46-50,52-53,55-61H2,1-3H3/b12-9-,19-16-,21-18-,28-25-,29-26-,36-27-,45-42-,54-51-. The van der Waals surface area contributed by atoms with Crippen LogP contribution in [0.2, 0.25) is 0 Å². The van der Waals surface area contributed by atoms with Gasteiger partial charge in [0.1, 0.15) is 13.2 Å². The van der Waals surface area contributed by atoms with Gasteiger partial charge >= 0.3 is 17.9 Å². The van der Waals surface area contributed by atoms with Crippen molar-refractivity contribution in [1.82, 2.24) is 0 Å². The Hall–Kier alpha value is -3.67. The molecule has 0 N–H and O–H groups in total. The van der Waals surface area contributed by atoms with E-state index in [2.05, 4.69) is 106 Å². The number of carbonyl (C=O) groups excluding carboxylic acids is 3. The van der Waals surface area contributed by atoms with Crippen molar-refractivity contribution in [3.63, 3.8) is 0 Å². The van der Waals surface area contributed by atoms with Crippen molar-refractivity contribution in [2.45, 2.75) is 284 Å². The Morgan fingerprint density at radius 2 is 0.606 bits per heavy atom. The predicted octanol–water partition coefficient (Wildman–Crippen LogP) is 20.1. The second-order valence-electron chi connectivity index (χ2n) is 19.5. The van der Waals surface area contributed by atoms with Gasteiger partial charge in [0.25, 0.3) is 0 Å². The average Bonchev–Trinajstić information content (AvgIpc) is 3.37. The minimum absolute atomic E-state index is 0.110. The lowest BCUT2D eigenvalue weighted by Crippen LogP contribution is -2.30. The highest BCUT2D eigenvalue weighted by Crippen LogP contribution is 2.15. The number of allylic oxidation sites excluding steroid dienone is 15. The van der Waals surface area contributed by atoms with Crippen molar-refractivity contribution >= 4 is 17.9 Å². The van der Waals surface area contributed by atoms with Crippen LogP contribution in [0.3, 0.4) is 0 Å². The summed E-state index contributed by atoms with van der Waals surface area (Å²) in [5.41, 5.74) is 0. The lowest BCUT2D eigenvalue weighted by atomic mass is 10.1. The summed E-state index contributed by atoms with van der Waals surface area (Å²) in [5, 5.41) is 0. The number of ether oxygens (including phenoxy) is 3. The van der Waals surface area contributed by atoms with E-state index in [-0.39, 0.29) is 31.6 Å². The molecular weight excluding hydrogens is 877 g/mol. The second-order valence-corrected chi connectivity index (χ2v) is 19.5. The number of carbonyl (C=O) groups is 3. The molecule has 0 aromatic carbocycles. The lowest BCUT2D eigenvalue weighted by Gasteiger charge is -2.18. The summed E-state index contributed by atoms with van der Waals surface area (Å²) >= 11 is 0. The Labute approximate surface area is 438 Å². The largest absolute Gasteiger partial charge is 0.462 e. The molecule has 1 atom stereocenters. The molecule has 1 unspecified atom stereocenters. The first-order chi connectivity index (χ1) is 35.0. The molecule has 6 heteroatoms. The third-order valence-electron chi connectivity index (χ3n) is 12.6. The molecule has 71 heavy (non-hydrogen) atoms. The number of hydrogen-bond acceptors (Lipinski definition) is 6. The first-order valence-corrected chi connectivity index (χ1v) is 29.7. The Kier molecular flexibility index (Phi) is 55.9. The maximum absolute atomic E-state index is 12.9. The normalized spacial score (nSPS) is 12.8. The highest BCUT2D eigenvalue weighted by molar-refractivity contribution is 5.72. The first-order valence-electron chi connectivity index (χ1n) is 29.7. The molecule has 0 spiro atoms. The van der Waals surface area contributed by atoms with Gasteiger partial charge in [0.05, 0.1) is 6.42 Å². The van der Waals surface area contributed by atoms with E-state index in [1.54, 1.807) is 6.08 Å². The highest BCUT2D eigenvalue weighted by Gasteiger charge is 2.19. The smallest absolute Gasteiger partial charge is 0.309 e. The van der Waals surface area contributed by atoms with Gasteiger partial charge in [0.15, 0.2) is 6.10 Å². The molecule has 0 amide bonds. The minimum atomic E-state index is -0.821. The van der Waals surface area contributed by atoms with Crippen molar-refractivity contribution in [2.24, 2.45) is 0 Å². The molecule has 0 aliphatic carbocycles. The van der Waals surface area contributed by atoms with Crippen molar-refractivity contribution in [3.8, 4) is 0 Å². The van der Waals surface area contributed by atoms with E-state index in [1.165, 1.54) is 161 Å². The van der Waals surface area contributed by atoms with Gasteiger partial charge in [-0.2, -0.15) is 0 Å². The van der Waals surface area contributed by atoms with Crippen molar-refractivity contribution in [2.75, 3.05) is 13.2 Å². The third kappa shape index (κ3) is 57.1. The van der Waals surface area contributed by atoms with Crippen LogP contribution in [-0.4, -0.2) is 37.2 Å². The summed E-state index contributed by atoms with van der Waals surface area (Å²) in [6.45, 7) is 6.42. The Morgan fingerprint density at radius 3 is 1.03 bits per heavy atom. The fourth-order valence-electron chi connectivity index (χ4n) is 8.13. The molecule has 0 aromatic heterocycles. The Balaban J connectivity index is 4.47. The molecule has 0 saturated heterocycles. The molecule has 0 heterocycles. The summed E-state index contributed by atoms with van der Waals surface area (Å²) in [7, 11) is 0. The molecule has 6 nitrogen and oxygen atoms in total. The molecule has 406 valence electrons. The van der Waals surface area contributed by atoms with Gasteiger partial charge < -0.3 is 14.2 Å². The summed E-state index contributed by atoms with van der Waals surface area (Å²) in [4.78, 5) is 38.2. The molecule has 0 bridgehead atoms. The maximum atomic E-state index is 12.9. The summed E-state index contributed by atoms with van der Waals surface area (Å²) in [5.74, 6) is -1.04. The van der Waals surface area contributed by atoms with Gasteiger partial charge in [-0.15, -0.1) is 0 Å². The van der Waals surface area contributed by atoms with Gasteiger partial charge in [-0.1, -0.05) is 253 Å². The van der Waals surface area contributed by atoms with Crippen LogP contribution in [0.4, 0.5) is 0 Å². The minimum Gasteiger partial charge on any atom is -0.462 e. The summed E-state index contributed by atoms with van der Waals surface area (Å²) in [6, 6.07) is 0. The van der Waals surface area contributed by atoms with E-state index in [4.69, 9.17) is 14.2 Å². The highest BCUT2D eigenvalue weighted by atomic mass is 16.6. The second kappa shape index (κ2) is 58.9. The van der Waals surface area contributed by atoms with Gasteiger partial charge in [-0.25, -0.2) is 0 Å². The molecule has 0 aliphatic heterocycles. The fraction of sp³-hybridized carbons (Fsp3) is 0.708. The van der Waals surface area contributed by atoms with Crippen LogP contribution in [-0.2, 0) is 28.6 Å². The van der Waals surface area contributed by atoms with Crippen LogP contribution in [0, 0.1) is 0 Å². The fourth-order valence-corrected chi connectivity index (χ4v) is 8.13. The maximum Gasteiger partial charge on any atom is 0.309 e. The molecule has 0 aromatic rings. The number of esters is 3. The number of unbranched alkanes of at least 4 members (excludes halogenated alkanes) is 27. The van der Waals surface area contributed by atoms with E-state index < -0.39 is 12.1 Å². The van der Waals surface area contributed by atoms with Crippen LogP contribution >= 0.6 is 0 Å². The number of rotatable bonds is 53. The van der Waals surface area contributed by atoms with E-state index in [0.29, 0.717) is 12.8 Å². The zero-order valence-corrected chi connectivity index (χ0v) is 46.5. The van der Waals surface area contributed by atoms with Gasteiger partial charge in [0, 0.05) is 12.8 Å². The lowest BCUT2D eigenvalue weighted by molar-refractivity contribution is -0.166. The van der Waals surface area contributed by atoms with Crippen molar-refractivity contribution in [1.29, 1.82) is 0 Å². The zero-order chi connectivity index (χ0) is 51.4. The van der Waals surface area contributed by atoms with Crippen molar-refractivity contribution in [3.05, 3.63) is 97.2 Å². The van der Waals surface area contributed by atoms with Crippen LogP contribution < -0.4 is 0 Å².